The van der Waals surface area contributed by atoms with Crippen molar-refractivity contribution in [3.8, 4) is 0 Å². The van der Waals surface area contributed by atoms with E-state index in [-0.39, 0.29) is 11.7 Å². The van der Waals surface area contributed by atoms with E-state index < -0.39 is 6.03 Å². The molecule has 0 bridgehead atoms. The summed E-state index contributed by atoms with van der Waals surface area (Å²) in [6.45, 7) is 4.86. The Morgan fingerprint density at radius 1 is 1.06 bits per heavy atom. The number of carbonyl (C=O) groups is 2. The van der Waals surface area contributed by atoms with Gasteiger partial charge in [-0.1, -0.05) is 79.0 Å². The van der Waals surface area contributed by atoms with Gasteiger partial charge in [0.25, 0.3) is 0 Å². The molecule has 0 saturated heterocycles. The van der Waals surface area contributed by atoms with Crippen LogP contribution < -0.4 is 10.6 Å². The molecule has 0 aliphatic rings. The van der Waals surface area contributed by atoms with Crippen LogP contribution in [0.15, 0.2) is 50.5 Å². The van der Waals surface area contributed by atoms with Gasteiger partial charge in [-0.3, -0.25) is 10.1 Å². The van der Waals surface area contributed by atoms with Crippen molar-refractivity contribution in [1.82, 2.24) is 20.8 Å². The van der Waals surface area contributed by atoms with Gasteiger partial charge in [-0.15, -0.1) is 21.5 Å². The van der Waals surface area contributed by atoms with E-state index in [0.29, 0.717) is 16.8 Å². The number of aromatic nitrogens is 2. The van der Waals surface area contributed by atoms with Crippen LogP contribution in [0.1, 0.15) is 35.8 Å². The van der Waals surface area contributed by atoms with E-state index in [4.69, 9.17) is 0 Å². The second-order valence-corrected chi connectivity index (χ2v) is 11.4. The van der Waals surface area contributed by atoms with E-state index in [0.717, 1.165) is 16.5 Å². The Bertz CT molecular complexity index is 972. The van der Waals surface area contributed by atoms with Gasteiger partial charge in [-0.25, -0.2) is 4.79 Å². The fraction of sp³-hybridized carbons (Fsp3) is 0.333. The first-order chi connectivity index (χ1) is 15.0. The summed E-state index contributed by atoms with van der Waals surface area (Å²) in [5.41, 5.74) is 2.57. The summed E-state index contributed by atoms with van der Waals surface area (Å²) in [4.78, 5) is 25.0. The van der Waals surface area contributed by atoms with Crippen LogP contribution in [-0.2, 0) is 17.0 Å². The zero-order valence-electron chi connectivity index (χ0n) is 17.3. The van der Waals surface area contributed by atoms with Crippen LogP contribution in [0.25, 0.3) is 0 Å². The van der Waals surface area contributed by atoms with Crippen molar-refractivity contribution in [2.75, 3.05) is 12.3 Å². The van der Waals surface area contributed by atoms with Gasteiger partial charge in [-0.05, 0) is 34.9 Å². The molecule has 0 atom stereocenters. The summed E-state index contributed by atoms with van der Waals surface area (Å²) in [5.74, 6) is 1.12. The second kappa shape index (κ2) is 12.2. The molecule has 1 aromatic carbocycles. The predicted octanol–water partition coefficient (Wildman–Crippen LogP) is 5.18. The van der Waals surface area contributed by atoms with E-state index in [1.165, 1.54) is 39.1 Å². The van der Waals surface area contributed by atoms with Crippen LogP contribution in [0.2, 0.25) is 0 Å². The summed E-state index contributed by atoms with van der Waals surface area (Å²) in [5, 5.41) is 15.3. The van der Waals surface area contributed by atoms with Gasteiger partial charge < -0.3 is 5.32 Å². The molecule has 2 aromatic heterocycles. The molecule has 3 amide bonds. The van der Waals surface area contributed by atoms with Crippen molar-refractivity contribution >= 4 is 58.1 Å². The third-order valence-corrected chi connectivity index (χ3v) is 8.41. The average Bonchev–Trinajstić information content (AvgIpc) is 3.43. The summed E-state index contributed by atoms with van der Waals surface area (Å²) in [7, 11) is 0. The number of carbonyl (C=O) groups excluding carboxylic acids is 2. The fourth-order valence-corrected chi connectivity index (χ4v) is 6.03. The van der Waals surface area contributed by atoms with E-state index in [1.54, 1.807) is 23.1 Å². The summed E-state index contributed by atoms with van der Waals surface area (Å²) in [6, 6.07) is 12.1. The number of benzene rings is 1. The third kappa shape index (κ3) is 8.29. The van der Waals surface area contributed by atoms with Crippen molar-refractivity contribution in [2.24, 2.45) is 0 Å². The van der Waals surface area contributed by atoms with Crippen molar-refractivity contribution < 1.29 is 9.59 Å². The summed E-state index contributed by atoms with van der Waals surface area (Å²) < 4.78 is 1.58. The van der Waals surface area contributed by atoms with Crippen molar-refractivity contribution in [3.63, 3.8) is 0 Å². The number of nitrogens with one attached hydrogen (secondary N) is 2. The number of rotatable bonds is 10. The topological polar surface area (TPSA) is 84.0 Å². The Kier molecular flexibility index (Phi) is 9.38. The Balaban J connectivity index is 1.34. The smallest absolute Gasteiger partial charge is 0.321 e. The highest BCUT2D eigenvalue weighted by Crippen LogP contribution is 2.30. The standard InChI is InChI=1S/C21H24N4O2S4/c1-14(2)16-7-5-15(6-8-16)12-29-20-24-25-21(31-20)30-13-18(26)23-19(27)22-10-9-17-4-3-11-28-17/h3-8,11,14H,9-10,12-13H2,1-2H3,(H2,22,23,26,27). The van der Waals surface area contributed by atoms with Crippen LogP contribution in [0, 0.1) is 0 Å². The number of urea groups is 1. The maximum absolute atomic E-state index is 12.0. The molecule has 31 heavy (non-hydrogen) atoms. The Morgan fingerprint density at radius 3 is 2.48 bits per heavy atom. The van der Waals surface area contributed by atoms with Gasteiger partial charge in [0.2, 0.25) is 5.91 Å². The summed E-state index contributed by atoms with van der Waals surface area (Å²) in [6.07, 6.45) is 0.751. The average molecular weight is 493 g/mol. The zero-order valence-corrected chi connectivity index (χ0v) is 20.6. The van der Waals surface area contributed by atoms with E-state index in [9.17, 15) is 9.59 Å². The lowest BCUT2D eigenvalue weighted by Gasteiger charge is -2.06. The van der Waals surface area contributed by atoms with Crippen LogP contribution in [0.3, 0.4) is 0 Å². The second-order valence-electron chi connectivity index (χ2n) is 6.94. The van der Waals surface area contributed by atoms with Gasteiger partial charge in [0.05, 0.1) is 5.75 Å². The first kappa shape index (κ1) is 23.8. The molecule has 6 nitrogen and oxygen atoms in total. The predicted molar refractivity (Wildman–Crippen MR) is 130 cm³/mol. The highest BCUT2D eigenvalue weighted by molar-refractivity contribution is 8.03. The number of imide groups is 1. The van der Waals surface area contributed by atoms with Gasteiger partial charge >= 0.3 is 6.03 Å². The minimum Gasteiger partial charge on any atom is -0.337 e. The molecule has 0 spiro atoms. The van der Waals surface area contributed by atoms with E-state index in [2.05, 4.69) is 58.9 Å². The van der Waals surface area contributed by atoms with Crippen molar-refractivity contribution in [1.29, 1.82) is 0 Å². The van der Waals surface area contributed by atoms with Crippen LogP contribution in [-0.4, -0.2) is 34.4 Å². The number of thiophene rings is 1. The van der Waals surface area contributed by atoms with Gasteiger partial charge in [0, 0.05) is 17.2 Å². The molecular formula is C21H24N4O2S4. The van der Waals surface area contributed by atoms with E-state index in [1.807, 2.05) is 17.5 Å². The quantitative estimate of drug-likeness (QED) is 0.380. The number of amides is 3. The summed E-state index contributed by atoms with van der Waals surface area (Å²) >= 11 is 6.01. The number of hydrogen-bond acceptors (Lipinski definition) is 8. The fourth-order valence-electron chi connectivity index (χ4n) is 2.55. The number of thioether (sulfide) groups is 2. The molecule has 0 aliphatic heterocycles. The molecule has 3 rings (SSSR count). The molecule has 164 valence electrons. The van der Waals surface area contributed by atoms with Gasteiger partial charge in [0.1, 0.15) is 0 Å². The Hall–Kier alpha value is -1.88. The lowest BCUT2D eigenvalue weighted by molar-refractivity contribution is -0.117. The van der Waals surface area contributed by atoms with Gasteiger partial charge in [-0.2, -0.15) is 0 Å². The molecular weight excluding hydrogens is 469 g/mol. The maximum Gasteiger partial charge on any atom is 0.321 e. The first-order valence-electron chi connectivity index (χ1n) is 9.77. The zero-order chi connectivity index (χ0) is 22.1. The highest BCUT2D eigenvalue weighted by Gasteiger charge is 2.11. The lowest BCUT2D eigenvalue weighted by atomic mass is 10.0. The monoisotopic (exact) mass is 492 g/mol. The molecule has 2 N–H and O–H groups in total. The SMILES string of the molecule is CC(C)c1ccc(CSc2nnc(SCC(=O)NC(=O)NCCc3cccs3)s2)cc1. The molecule has 0 saturated carbocycles. The molecule has 2 heterocycles. The van der Waals surface area contributed by atoms with Crippen LogP contribution >= 0.6 is 46.2 Å². The molecule has 0 aliphatic carbocycles. The molecule has 0 unspecified atom stereocenters. The number of nitrogens with zero attached hydrogens (tertiary/aromatic N) is 2. The number of hydrogen-bond donors (Lipinski definition) is 2. The Morgan fingerprint density at radius 2 is 1.81 bits per heavy atom. The largest absolute Gasteiger partial charge is 0.337 e. The van der Waals surface area contributed by atoms with Crippen molar-refractivity contribution in [3.05, 3.63) is 57.8 Å². The molecule has 10 heteroatoms. The molecule has 3 aromatic rings. The third-order valence-electron chi connectivity index (χ3n) is 4.21. The van der Waals surface area contributed by atoms with Crippen molar-refractivity contribution in [2.45, 2.75) is 40.6 Å². The first-order valence-corrected chi connectivity index (χ1v) is 13.4. The molecule has 0 fully saturated rings. The van der Waals surface area contributed by atoms with E-state index >= 15 is 0 Å². The van der Waals surface area contributed by atoms with Gasteiger partial charge in [0.15, 0.2) is 8.68 Å². The Labute approximate surface area is 198 Å². The highest BCUT2D eigenvalue weighted by atomic mass is 32.2. The minimum absolute atomic E-state index is 0.119. The lowest BCUT2D eigenvalue weighted by Crippen LogP contribution is -2.41. The maximum atomic E-state index is 12.0. The normalized spacial score (nSPS) is 10.9. The van der Waals surface area contributed by atoms with Crippen LogP contribution in [0.4, 0.5) is 4.79 Å². The van der Waals surface area contributed by atoms with Crippen LogP contribution in [0.5, 0.6) is 0 Å². The molecule has 0 radical (unpaired) electrons. The minimum atomic E-state index is -0.473.